The molecule has 0 heterocycles. The Labute approximate surface area is 323 Å². The maximum absolute atomic E-state index is 5.84. The van der Waals surface area contributed by atoms with Gasteiger partial charge in [-0.3, -0.25) is 0 Å². The monoisotopic (exact) mass is 705 g/mol. The molecule has 55 heavy (non-hydrogen) atoms. The van der Waals surface area contributed by atoms with E-state index in [1.165, 1.54) is 44.2 Å². The number of methoxy groups -OCH3 is 1. The first-order valence-electron chi connectivity index (χ1n) is 18.7. The average molecular weight is 706 g/mol. The van der Waals surface area contributed by atoms with Crippen LogP contribution < -0.4 is 9.64 Å². The Morgan fingerprint density at radius 3 is 1.44 bits per heavy atom. The summed E-state index contributed by atoms with van der Waals surface area (Å²) in [5, 5.41) is 2.49. The summed E-state index contributed by atoms with van der Waals surface area (Å²) in [6, 6.07) is 78.1. The lowest BCUT2D eigenvalue weighted by atomic mass is 9.94. The topological polar surface area (TPSA) is 12.5 Å². The van der Waals surface area contributed by atoms with Crippen LogP contribution in [0.1, 0.15) is 0 Å². The molecule has 0 aliphatic heterocycles. The Morgan fingerprint density at radius 1 is 0.327 bits per heavy atom. The zero-order valence-electron chi connectivity index (χ0n) is 30.6. The first kappa shape index (κ1) is 33.7. The van der Waals surface area contributed by atoms with Gasteiger partial charge in [-0.05, 0) is 97.7 Å². The molecule has 0 saturated carbocycles. The summed E-state index contributed by atoms with van der Waals surface area (Å²) in [6.45, 7) is 0. The molecule has 9 aromatic rings. The Bertz CT molecular complexity index is 2700. The van der Waals surface area contributed by atoms with Crippen molar-refractivity contribution in [3.63, 3.8) is 0 Å². The minimum atomic E-state index is 0.845. The fraction of sp³-hybridized carbons (Fsp3) is 0.0189. The molecule has 0 bridgehead atoms. The maximum atomic E-state index is 5.84. The number of anilines is 3. The standard InChI is InChI=1S/C53H39NO/c1-55-53-22-11-10-20-50(53)45-31-36-52(51(37-45)44-25-23-40(24-26-44)38-13-4-2-5-14-38)54(46-32-27-41(28-33-46)39-15-6-3-7-16-39)47-34-29-43(30-35-47)49-21-12-18-42-17-8-9-19-48(42)49/h2-37H,1H3. The molecular formula is C53H39NO. The number of para-hydroxylation sites is 1. The molecule has 0 saturated heterocycles. The van der Waals surface area contributed by atoms with Crippen LogP contribution in [-0.4, -0.2) is 7.11 Å². The van der Waals surface area contributed by atoms with Crippen molar-refractivity contribution in [1.29, 1.82) is 0 Å². The van der Waals surface area contributed by atoms with Gasteiger partial charge in [0.25, 0.3) is 0 Å². The van der Waals surface area contributed by atoms with Gasteiger partial charge in [-0.15, -0.1) is 0 Å². The van der Waals surface area contributed by atoms with Crippen molar-refractivity contribution in [2.45, 2.75) is 0 Å². The molecule has 0 unspecified atom stereocenters. The van der Waals surface area contributed by atoms with Crippen LogP contribution in [0.25, 0.3) is 66.4 Å². The van der Waals surface area contributed by atoms with E-state index in [1.807, 2.05) is 12.1 Å². The summed E-state index contributed by atoms with van der Waals surface area (Å²) in [7, 11) is 1.74. The lowest BCUT2D eigenvalue weighted by molar-refractivity contribution is 0.416. The van der Waals surface area contributed by atoms with Gasteiger partial charge in [0.05, 0.1) is 12.8 Å². The van der Waals surface area contributed by atoms with Gasteiger partial charge in [0.1, 0.15) is 5.75 Å². The highest BCUT2D eigenvalue weighted by Gasteiger charge is 2.20. The van der Waals surface area contributed by atoms with E-state index >= 15 is 0 Å². The third-order valence-corrected chi connectivity index (χ3v) is 10.4. The van der Waals surface area contributed by atoms with Gasteiger partial charge in [0.15, 0.2) is 0 Å². The Hall–Kier alpha value is -7.16. The third kappa shape index (κ3) is 6.78. The highest BCUT2D eigenvalue weighted by molar-refractivity contribution is 5.97. The van der Waals surface area contributed by atoms with Gasteiger partial charge in [0.2, 0.25) is 0 Å². The van der Waals surface area contributed by atoms with Gasteiger partial charge < -0.3 is 9.64 Å². The van der Waals surface area contributed by atoms with Crippen molar-refractivity contribution in [2.75, 3.05) is 12.0 Å². The van der Waals surface area contributed by atoms with Gasteiger partial charge in [-0.1, -0.05) is 176 Å². The quantitative estimate of drug-likeness (QED) is 0.148. The Kier molecular flexibility index (Phi) is 9.22. The van der Waals surface area contributed by atoms with Crippen LogP contribution in [0.2, 0.25) is 0 Å². The van der Waals surface area contributed by atoms with E-state index in [4.69, 9.17) is 4.74 Å². The van der Waals surface area contributed by atoms with Crippen molar-refractivity contribution in [2.24, 2.45) is 0 Å². The normalized spacial score (nSPS) is 11.0. The Morgan fingerprint density at radius 2 is 0.782 bits per heavy atom. The lowest BCUT2D eigenvalue weighted by Crippen LogP contribution is -2.11. The number of rotatable bonds is 9. The summed E-state index contributed by atoms with van der Waals surface area (Å²) in [4.78, 5) is 2.38. The first-order valence-corrected chi connectivity index (χ1v) is 18.7. The molecule has 0 N–H and O–H groups in total. The van der Waals surface area contributed by atoms with Crippen LogP contribution in [0.5, 0.6) is 5.75 Å². The van der Waals surface area contributed by atoms with Crippen LogP contribution in [0, 0.1) is 0 Å². The predicted octanol–water partition coefficient (Wildman–Crippen LogP) is 14.7. The van der Waals surface area contributed by atoms with Crippen LogP contribution in [0.15, 0.2) is 218 Å². The summed E-state index contributed by atoms with van der Waals surface area (Å²) < 4.78 is 5.84. The van der Waals surface area contributed by atoms with E-state index in [2.05, 4.69) is 211 Å². The van der Waals surface area contributed by atoms with Crippen LogP contribution >= 0.6 is 0 Å². The fourth-order valence-corrected chi connectivity index (χ4v) is 7.61. The van der Waals surface area contributed by atoms with Crippen molar-refractivity contribution in [3.05, 3.63) is 218 Å². The second kappa shape index (κ2) is 15.1. The number of ether oxygens (including phenoxy) is 1. The first-order chi connectivity index (χ1) is 27.2. The summed E-state index contributed by atoms with van der Waals surface area (Å²) in [6.07, 6.45) is 0. The van der Waals surface area contributed by atoms with E-state index < -0.39 is 0 Å². The van der Waals surface area contributed by atoms with Crippen molar-refractivity contribution < 1.29 is 4.74 Å². The molecule has 0 radical (unpaired) electrons. The molecule has 0 aliphatic rings. The predicted molar refractivity (Wildman–Crippen MR) is 232 cm³/mol. The lowest BCUT2D eigenvalue weighted by Gasteiger charge is -2.29. The van der Waals surface area contributed by atoms with E-state index in [1.54, 1.807) is 7.11 Å². The molecule has 2 nitrogen and oxygen atoms in total. The highest BCUT2D eigenvalue weighted by atomic mass is 16.5. The number of hydrogen-bond donors (Lipinski definition) is 0. The van der Waals surface area contributed by atoms with E-state index in [-0.39, 0.29) is 0 Å². The van der Waals surface area contributed by atoms with Crippen molar-refractivity contribution in [3.8, 4) is 61.4 Å². The van der Waals surface area contributed by atoms with Gasteiger partial charge in [-0.2, -0.15) is 0 Å². The molecule has 0 aromatic heterocycles. The van der Waals surface area contributed by atoms with E-state index in [9.17, 15) is 0 Å². The number of hydrogen-bond acceptors (Lipinski definition) is 2. The van der Waals surface area contributed by atoms with E-state index in [0.717, 1.165) is 45.1 Å². The van der Waals surface area contributed by atoms with Gasteiger partial charge in [-0.25, -0.2) is 0 Å². The SMILES string of the molecule is COc1ccccc1-c1ccc(N(c2ccc(-c3ccccc3)cc2)c2ccc(-c3cccc4ccccc34)cc2)c(-c2ccc(-c3ccccc3)cc2)c1. The molecule has 0 atom stereocenters. The van der Waals surface area contributed by atoms with Crippen LogP contribution in [0.4, 0.5) is 17.1 Å². The highest BCUT2D eigenvalue weighted by Crippen LogP contribution is 2.45. The molecule has 0 aliphatic carbocycles. The summed E-state index contributed by atoms with van der Waals surface area (Å²) in [5.74, 6) is 0.845. The molecule has 2 heteroatoms. The molecule has 0 fully saturated rings. The second-order valence-electron chi connectivity index (χ2n) is 13.7. The van der Waals surface area contributed by atoms with Gasteiger partial charge in [0, 0.05) is 22.5 Å². The Balaban J connectivity index is 1.21. The third-order valence-electron chi connectivity index (χ3n) is 10.4. The smallest absolute Gasteiger partial charge is 0.126 e. The average Bonchev–Trinajstić information content (AvgIpc) is 3.27. The van der Waals surface area contributed by atoms with Crippen LogP contribution in [0.3, 0.4) is 0 Å². The minimum absolute atomic E-state index is 0.845. The molecule has 9 rings (SSSR count). The number of benzene rings is 9. The summed E-state index contributed by atoms with van der Waals surface area (Å²) >= 11 is 0. The molecule has 262 valence electrons. The minimum Gasteiger partial charge on any atom is -0.496 e. The largest absolute Gasteiger partial charge is 0.496 e. The molecular weight excluding hydrogens is 667 g/mol. The van der Waals surface area contributed by atoms with Crippen molar-refractivity contribution in [1.82, 2.24) is 0 Å². The molecule has 9 aromatic carbocycles. The zero-order chi connectivity index (χ0) is 37.0. The van der Waals surface area contributed by atoms with E-state index in [0.29, 0.717) is 0 Å². The molecule has 0 spiro atoms. The second-order valence-corrected chi connectivity index (χ2v) is 13.7. The zero-order valence-corrected chi connectivity index (χ0v) is 30.6. The molecule has 0 amide bonds. The number of fused-ring (bicyclic) bond motifs is 1. The fourth-order valence-electron chi connectivity index (χ4n) is 7.61. The summed E-state index contributed by atoms with van der Waals surface area (Å²) in [5.41, 5.74) is 14.8. The van der Waals surface area contributed by atoms with Crippen LogP contribution in [-0.2, 0) is 0 Å². The van der Waals surface area contributed by atoms with Crippen molar-refractivity contribution >= 4 is 27.8 Å². The maximum Gasteiger partial charge on any atom is 0.126 e. The van der Waals surface area contributed by atoms with Gasteiger partial charge >= 0.3 is 0 Å². The number of nitrogens with zero attached hydrogens (tertiary/aromatic N) is 1.